The fourth-order valence-electron chi connectivity index (χ4n) is 2.20. The number of benzene rings is 1. The van der Waals surface area contributed by atoms with E-state index in [1.54, 1.807) is 22.7 Å². The Morgan fingerprint density at radius 2 is 2.00 bits per heavy atom. The lowest BCUT2D eigenvalue weighted by Crippen LogP contribution is -2.16. The molecule has 0 saturated carbocycles. The van der Waals surface area contributed by atoms with E-state index in [1.165, 1.54) is 27.5 Å². The number of hydrogen-bond donors (Lipinski definition) is 1. The molecule has 22 heavy (non-hydrogen) atoms. The van der Waals surface area contributed by atoms with Crippen LogP contribution in [0.5, 0.6) is 0 Å². The van der Waals surface area contributed by atoms with Gasteiger partial charge in [-0.1, -0.05) is 12.1 Å². The third-order valence-electron chi connectivity index (χ3n) is 3.42. The van der Waals surface area contributed by atoms with Crippen LogP contribution in [0.4, 0.5) is 4.39 Å². The number of aromatic nitrogens is 1. The zero-order valence-electron chi connectivity index (χ0n) is 12.3. The molecule has 1 aromatic carbocycles. The van der Waals surface area contributed by atoms with Crippen molar-refractivity contribution >= 4 is 22.7 Å². The van der Waals surface area contributed by atoms with E-state index in [2.05, 4.69) is 28.7 Å². The maximum Gasteiger partial charge on any atom is 0.123 e. The molecule has 3 aromatic rings. The van der Waals surface area contributed by atoms with Gasteiger partial charge in [0.2, 0.25) is 0 Å². The van der Waals surface area contributed by atoms with Crippen molar-refractivity contribution in [1.82, 2.24) is 10.3 Å². The standard InChI is InChI=1S/C17H17FN2S2/c1-12-7-9-21-17(12)15-10-20-16(22-15)11-19-8-6-13-2-4-14(18)5-3-13/h2-5,7,9-10,19H,6,8,11H2,1H3. The predicted molar refractivity (Wildman–Crippen MR) is 92.0 cm³/mol. The fourth-order valence-corrected chi connectivity index (χ4v) is 4.19. The smallest absolute Gasteiger partial charge is 0.123 e. The number of thiophene rings is 1. The van der Waals surface area contributed by atoms with Crippen molar-refractivity contribution in [3.05, 3.63) is 63.9 Å². The molecule has 0 radical (unpaired) electrons. The number of rotatable bonds is 6. The fraction of sp³-hybridized carbons (Fsp3) is 0.235. The SMILES string of the molecule is Cc1ccsc1-c1cnc(CNCCc2ccc(F)cc2)s1. The summed E-state index contributed by atoms with van der Waals surface area (Å²) in [6.45, 7) is 3.76. The summed E-state index contributed by atoms with van der Waals surface area (Å²) in [5.41, 5.74) is 2.45. The molecule has 0 bridgehead atoms. The third kappa shape index (κ3) is 3.80. The van der Waals surface area contributed by atoms with E-state index in [-0.39, 0.29) is 5.82 Å². The van der Waals surface area contributed by atoms with E-state index < -0.39 is 0 Å². The van der Waals surface area contributed by atoms with Gasteiger partial charge in [-0.2, -0.15) is 0 Å². The highest BCUT2D eigenvalue weighted by molar-refractivity contribution is 7.21. The Labute approximate surface area is 137 Å². The molecule has 0 spiro atoms. The third-order valence-corrected chi connectivity index (χ3v) is 5.61. The number of nitrogens with zero attached hydrogens (tertiary/aromatic N) is 1. The van der Waals surface area contributed by atoms with Crippen molar-refractivity contribution in [2.45, 2.75) is 19.9 Å². The van der Waals surface area contributed by atoms with Gasteiger partial charge in [0, 0.05) is 17.6 Å². The molecule has 0 atom stereocenters. The van der Waals surface area contributed by atoms with Gasteiger partial charge in [-0.05, 0) is 54.6 Å². The van der Waals surface area contributed by atoms with E-state index in [0.717, 1.165) is 30.1 Å². The quantitative estimate of drug-likeness (QED) is 0.665. The minimum absolute atomic E-state index is 0.184. The minimum atomic E-state index is -0.184. The summed E-state index contributed by atoms with van der Waals surface area (Å²) < 4.78 is 12.8. The van der Waals surface area contributed by atoms with Gasteiger partial charge in [-0.25, -0.2) is 9.37 Å². The molecule has 0 aliphatic carbocycles. The summed E-state index contributed by atoms with van der Waals surface area (Å²) in [7, 11) is 0. The highest BCUT2D eigenvalue weighted by atomic mass is 32.1. The average Bonchev–Trinajstić information content (AvgIpc) is 3.14. The number of aryl methyl sites for hydroxylation is 1. The van der Waals surface area contributed by atoms with E-state index in [9.17, 15) is 4.39 Å². The van der Waals surface area contributed by atoms with Crippen LogP contribution in [0, 0.1) is 12.7 Å². The molecule has 5 heteroatoms. The molecule has 1 N–H and O–H groups in total. The Bertz CT molecular complexity index is 731. The minimum Gasteiger partial charge on any atom is -0.310 e. The Morgan fingerprint density at radius 3 is 2.73 bits per heavy atom. The molecule has 0 saturated heterocycles. The predicted octanol–water partition coefficient (Wildman–Crippen LogP) is 4.65. The molecule has 2 heterocycles. The highest BCUT2D eigenvalue weighted by Crippen LogP contribution is 2.33. The van der Waals surface area contributed by atoms with Gasteiger partial charge in [-0.15, -0.1) is 22.7 Å². The van der Waals surface area contributed by atoms with Gasteiger partial charge >= 0.3 is 0 Å². The molecule has 0 aliphatic rings. The Hall–Kier alpha value is -1.56. The average molecular weight is 332 g/mol. The lowest BCUT2D eigenvalue weighted by Gasteiger charge is -2.03. The first-order chi connectivity index (χ1) is 10.7. The van der Waals surface area contributed by atoms with Crippen LogP contribution in [0.3, 0.4) is 0 Å². The van der Waals surface area contributed by atoms with Crippen LogP contribution in [0.2, 0.25) is 0 Å². The van der Waals surface area contributed by atoms with Gasteiger partial charge in [-0.3, -0.25) is 0 Å². The molecular formula is C17H17FN2S2. The monoisotopic (exact) mass is 332 g/mol. The van der Waals surface area contributed by atoms with E-state index in [1.807, 2.05) is 18.3 Å². The molecular weight excluding hydrogens is 315 g/mol. The maximum absolute atomic E-state index is 12.8. The summed E-state index contributed by atoms with van der Waals surface area (Å²) in [4.78, 5) is 7.04. The number of nitrogens with one attached hydrogen (secondary N) is 1. The molecule has 114 valence electrons. The topological polar surface area (TPSA) is 24.9 Å². The van der Waals surface area contributed by atoms with Gasteiger partial charge in [0.1, 0.15) is 10.8 Å². The van der Waals surface area contributed by atoms with Crippen molar-refractivity contribution in [2.24, 2.45) is 0 Å². The zero-order valence-corrected chi connectivity index (χ0v) is 13.9. The molecule has 2 aromatic heterocycles. The summed E-state index contributed by atoms with van der Waals surface area (Å²) in [5, 5.41) is 6.61. The zero-order chi connectivity index (χ0) is 15.4. The lowest BCUT2D eigenvalue weighted by atomic mass is 10.1. The first-order valence-electron chi connectivity index (χ1n) is 7.17. The van der Waals surface area contributed by atoms with E-state index >= 15 is 0 Å². The Balaban J connectivity index is 1.49. The number of halogens is 1. The highest BCUT2D eigenvalue weighted by Gasteiger charge is 2.08. The van der Waals surface area contributed by atoms with Gasteiger partial charge < -0.3 is 5.32 Å². The molecule has 0 fully saturated rings. The van der Waals surface area contributed by atoms with Crippen LogP contribution in [0.25, 0.3) is 9.75 Å². The molecule has 3 rings (SSSR count). The molecule has 0 unspecified atom stereocenters. The van der Waals surface area contributed by atoms with E-state index in [4.69, 9.17) is 0 Å². The number of thiazole rings is 1. The van der Waals surface area contributed by atoms with Gasteiger partial charge in [0.05, 0.1) is 4.88 Å². The second-order valence-corrected chi connectivity index (χ2v) is 7.14. The van der Waals surface area contributed by atoms with Crippen molar-refractivity contribution in [3.63, 3.8) is 0 Å². The lowest BCUT2D eigenvalue weighted by molar-refractivity contribution is 0.626. The number of hydrogen-bond acceptors (Lipinski definition) is 4. The normalized spacial score (nSPS) is 11.0. The van der Waals surface area contributed by atoms with Crippen LogP contribution in [0.15, 0.2) is 41.9 Å². The molecule has 2 nitrogen and oxygen atoms in total. The van der Waals surface area contributed by atoms with Crippen LogP contribution in [-0.4, -0.2) is 11.5 Å². The summed E-state index contributed by atoms with van der Waals surface area (Å²) in [5.74, 6) is -0.184. The Morgan fingerprint density at radius 1 is 1.18 bits per heavy atom. The Kier molecular flexibility index (Phi) is 4.97. The van der Waals surface area contributed by atoms with Crippen molar-refractivity contribution in [3.8, 4) is 9.75 Å². The van der Waals surface area contributed by atoms with Crippen molar-refractivity contribution < 1.29 is 4.39 Å². The van der Waals surface area contributed by atoms with Crippen LogP contribution in [0.1, 0.15) is 16.1 Å². The second-order valence-electron chi connectivity index (χ2n) is 5.10. The first-order valence-corrected chi connectivity index (χ1v) is 8.86. The summed E-state index contributed by atoms with van der Waals surface area (Å²) in [6, 6.07) is 8.81. The van der Waals surface area contributed by atoms with E-state index in [0.29, 0.717) is 0 Å². The summed E-state index contributed by atoms with van der Waals surface area (Å²) in [6.07, 6.45) is 2.85. The second kappa shape index (κ2) is 7.13. The molecule has 0 amide bonds. The first kappa shape index (κ1) is 15.3. The van der Waals surface area contributed by atoms with Crippen LogP contribution in [-0.2, 0) is 13.0 Å². The summed E-state index contributed by atoms with van der Waals surface area (Å²) >= 11 is 3.50. The largest absolute Gasteiger partial charge is 0.310 e. The van der Waals surface area contributed by atoms with Crippen molar-refractivity contribution in [2.75, 3.05) is 6.54 Å². The maximum atomic E-state index is 12.8. The van der Waals surface area contributed by atoms with Crippen molar-refractivity contribution in [1.29, 1.82) is 0 Å². The van der Waals surface area contributed by atoms with Crippen LogP contribution < -0.4 is 5.32 Å². The van der Waals surface area contributed by atoms with Gasteiger partial charge in [0.25, 0.3) is 0 Å². The van der Waals surface area contributed by atoms with Crippen LogP contribution >= 0.6 is 22.7 Å². The van der Waals surface area contributed by atoms with Gasteiger partial charge in [0.15, 0.2) is 0 Å². The molecule has 0 aliphatic heterocycles.